The number of ether oxygens (including phenoxy) is 1. The Labute approximate surface area is 148 Å². The number of aromatic nitrogens is 1. The molecule has 1 N–H and O–H groups in total. The van der Waals surface area contributed by atoms with Gasteiger partial charge >= 0.3 is 0 Å². The number of likely N-dealkylation sites (tertiary alicyclic amines) is 1. The van der Waals surface area contributed by atoms with Crippen molar-refractivity contribution in [1.82, 2.24) is 9.88 Å². The second-order valence-electron chi connectivity index (χ2n) is 6.94. The van der Waals surface area contributed by atoms with Crippen molar-refractivity contribution in [3.63, 3.8) is 0 Å². The summed E-state index contributed by atoms with van der Waals surface area (Å²) < 4.78 is 5.70. The third-order valence-corrected chi connectivity index (χ3v) is 4.54. The second kappa shape index (κ2) is 7.23. The molecule has 0 aliphatic carbocycles. The molecule has 25 heavy (non-hydrogen) atoms. The highest BCUT2D eigenvalue weighted by Gasteiger charge is 2.38. The monoisotopic (exact) mass is 340 g/mol. The molecule has 1 fully saturated rings. The highest BCUT2D eigenvalue weighted by molar-refractivity contribution is 5.94. The minimum absolute atomic E-state index is 0.0408. The van der Waals surface area contributed by atoms with Crippen molar-refractivity contribution >= 4 is 5.91 Å². The molecule has 1 amide bonds. The quantitative estimate of drug-likeness (QED) is 0.909. The lowest BCUT2D eigenvalue weighted by atomic mass is 9.96. The van der Waals surface area contributed by atoms with E-state index in [1.54, 1.807) is 49.2 Å². The van der Waals surface area contributed by atoms with E-state index in [4.69, 9.17) is 4.74 Å². The molecular weight excluding hydrogens is 316 g/mol. The number of carbonyl (C=O) groups is 1. The molecule has 1 aliphatic rings. The molecule has 5 heteroatoms. The van der Waals surface area contributed by atoms with Gasteiger partial charge in [-0.15, -0.1) is 0 Å². The first-order chi connectivity index (χ1) is 11.9. The molecule has 0 saturated carbocycles. The van der Waals surface area contributed by atoms with Crippen molar-refractivity contribution in [1.29, 1.82) is 0 Å². The van der Waals surface area contributed by atoms with Crippen molar-refractivity contribution in [2.24, 2.45) is 0 Å². The Morgan fingerprint density at radius 1 is 1.28 bits per heavy atom. The summed E-state index contributed by atoms with van der Waals surface area (Å²) in [5, 5.41) is 10.3. The standard InChI is InChI=1S/C20H24N2O3/c1-20(2,24)18-7-5-13-22(18)19(23)15-8-10-17(11-9-15)25-14-16-6-3-4-12-21-16/h3-4,6,8-12,18,24H,5,7,13-14H2,1-2H3. The van der Waals surface area contributed by atoms with Gasteiger partial charge in [0.25, 0.3) is 5.91 Å². The highest BCUT2D eigenvalue weighted by atomic mass is 16.5. The van der Waals surface area contributed by atoms with Crippen LogP contribution in [0.3, 0.4) is 0 Å². The summed E-state index contributed by atoms with van der Waals surface area (Å²) in [6.45, 7) is 4.60. The van der Waals surface area contributed by atoms with Gasteiger partial charge in [-0.05, 0) is 63.1 Å². The zero-order valence-corrected chi connectivity index (χ0v) is 14.7. The molecule has 0 radical (unpaired) electrons. The number of rotatable bonds is 5. The molecule has 1 aliphatic heterocycles. The Kier molecular flexibility index (Phi) is 5.04. The lowest BCUT2D eigenvalue weighted by Crippen LogP contribution is -2.48. The number of aliphatic hydroxyl groups is 1. The van der Waals surface area contributed by atoms with E-state index in [0.29, 0.717) is 24.5 Å². The zero-order chi connectivity index (χ0) is 17.9. The molecule has 1 unspecified atom stereocenters. The number of benzene rings is 1. The van der Waals surface area contributed by atoms with E-state index in [-0.39, 0.29) is 11.9 Å². The minimum atomic E-state index is -0.891. The number of amides is 1. The molecule has 1 saturated heterocycles. The average Bonchev–Trinajstić information content (AvgIpc) is 3.11. The molecule has 1 aromatic carbocycles. The van der Waals surface area contributed by atoms with Crippen LogP contribution >= 0.6 is 0 Å². The molecule has 5 nitrogen and oxygen atoms in total. The summed E-state index contributed by atoms with van der Waals surface area (Å²) in [6, 6.07) is 12.7. The van der Waals surface area contributed by atoms with Crippen molar-refractivity contribution in [2.45, 2.75) is 44.9 Å². The number of carbonyl (C=O) groups excluding carboxylic acids is 1. The number of pyridine rings is 1. The molecule has 0 bridgehead atoms. The van der Waals surface area contributed by atoms with Crippen molar-refractivity contribution in [2.75, 3.05) is 6.54 Å². The Bertz CT molecular complexity index is 708. The molecule has 132 valence electrons. The summed E-state index contributed by atoms with van der Waals surface area (Å²) in [7, 11) is 0. The first-order valence-corrected chi connectivity index (χ1v) is 8.61. The number of hydrogen-bond acceptors (Lipinski definition) is 4. The van der Waals surface area contributed by atoms with Gasteiger partial charge in [-0.3, -0.25) is 9.78 Å². The van der Waals surface area contributed by atoms with Crippen molar-refractivity contribution in [3.8, 4) is 5.75 Å². The van der Waals surface area contributed by atoms with E-state index in [2.05, 4.69) is 4.98 Å². The van der Waals surface area contributed by atoms with Gasteiger partial charge in [0.05, 0.1) is 17.3 Å². The fourth-order valence-electron chi connectivity index (χ4n) is 3.24. The lowest BCUT2D eigenvalue weighted by molar-refractivity contribution is 0.000333. The van der Waals surface area contributed by atoms with Gasteiger partial charge in [-0.25, -0.2) is 0 Å². The molecule has 3 rings (SSSR count). The first-order valence-electron chi connectivity index (χ1n) is 8.61. The van der Waals surface area contributed by atoms with E-state index in [9.17, 15) is 9.90 Å². The van der Waals surface area contributed by atoms with Crippen LogP contribution in [-0.4, -0.2) is 39.1 Å². The van der Waals surface area contributed by atoms with Crippen LogP contribution < -0.4 is 4.74 Å². The largest absolute Gasteiger partial charge is 0.487 e. The van der Waals surface area contributed by atoms with Gasteiger partial charge in [-0.2, -0.15) is 0 Å². The molecule has 1 aromatic heterocycles. The van der Waals surface area contributed by atoms with Crippen LogP contribution in [0.25, 0.3) is 0 Å². The summed E-state index contributed by atoms with van der Waals surface area (Å²) in [4.78, 5) is 18.8. The zero-order valence-electron chi connectivity index (χ0n) is 14.7. The Morgan fingerprint density at radius 2 is 2.04 bits per heavy atom. The van der Waals surface area contributed by atoms with E-state index >= 15 is 0 Å². The maximum atomic E-state index is 12.8. The van der Waals surface area contributed by atoms with Gasteiger partial charge in [0.1, 0.15) is 12.4 Å². The Hall–Kier alpha value is -2.40. The van der Waals surface area contributed by atoms with Crippen LogP contribution in [-0.2, 0) is 6.61 Å². The Morgan fingerprint density at radius 3 is 2.68 bits per heavy atom. The number of nitrogens with zero attached hydrogens (tertiary/aromatic N) is 2. The fourth-order valence-corrected chi connectivity index (χ4v) is 3.24. The number of hydrogen-bond donors (Lipinski definition) is 1. The minimum Gasteiger partial charge on any atom is -0.487 e. The SMILES string of the molecule is CC(C)(O)C1CCCN1C(=O)c1ccc(OCc2ccccn2)cc1. The molecular formula is C20H24N2O3. The van der Waals surface area contributed by atoms with Gasteiger partial charge in [0, 0.05) is 18.3 Å². The fraction of sp³-hybridized carbons (Fsp3) is 0.400. The van der Waals surface area contributed by atoms with Crippen LogP contribution in [0.4, 0.5) is 0 Å². The first kappa shape index (κ1) is 17.4. The lowest BCUT2D eigenvalue weighted by Gasteiger charge is -2.33. The van der Waals surface area contributed by atoms with Gasteiger partial charge in [0.15, 0.2) is 0 Å². The third kappa shape index (κ3) is 4.17. The Balaban J connectivity index is 1.64. The summed E-state index contributed by atoms with van der Waals surface area (Å²) >= 11 is 0. The van der Waals surface area contributed by atoms with Gasteiger partial charge in [0.2, 0.25) is 0 Å². The second-order valence-corrected chi connectivity index (χ2v) is 6.94. The van der Waals surface area contributed by atoms with Crippen LogP contribution in [0.5, 0.6) is 5.75 Å². The van der Waals surface area contributed by atoms with Gasteiger partial charge < -0.3 is 14.7 Å². The van der Waals surface area contributed by atoms with E-state index in [0.717, 1.165) is 18.5 Å². The topological polar surface area (TPSA) is 62.7 Å². The predicted octanol–water partition coefficient (Wildman–Crippen LogP) is 3.04. The van der Waals surface area contributed by atoms with Crippen LogP contribution in [0.15, 0.2) is 48.7 Å². The van der Waals surface area contributed by atoms with Crippen LogP contribution in [0.1, 0.15) is 42.7 Å². The summed E-state index contributed by atoms with van der Waals surface area (Å²) in [5.41, 5.74) is 0.576. The highest BCUT2D eigenvalue weighted by Crippen LogP contribution is 2.28. The van der Waals surface area contributed by atoms with Crippen LogP contribution in [0.2, 0.25) is 0 Å². The predicted molar refractivity (Wildman–Crippen MR) is 95.4 cm³/mol. The van der Waals surface area contributed by atoms with Gasteiger partial charge in [-0.1, -0.05) is 6.07 Å². The molecule has 0 spiro atoms. The summed E-state index contributed by atoms with van der Waals surface area (Å²) in [6.07, 6.45) is 3.49. The third-order valence-electron chi connectivity index (χ3n) is 4.54. The summed E-state index contributed by atoms with van der Waals surface area (Å²) in [5.74, 6) is 0.656. The molecule has 2 heterocycles. The maximum Gasteiger partial charge on any atom is 0.254 e. The van der Waals surface area contributed by atoms with E-state index < -0.39 is 5.60 Å². The molecule has 1 atom stereocenters. The average molecular weight is 340 g/mol. The smallest absolute Gasteiger partial charge is 0.254 e. The molecule has 2 aromatic rings. The van der Waals surface area contributed by atoms with Crippen LogP contribution in [0, 0.1) is 0 Å². The maximum absolute atomic E-state index is 12.8. The normalized spacial score (nSPS) is 17.6. The van der Waals surface area contributed by atoms with Crippen molar-refractivity contribution in [3.05, 3.63) is 59.9 Å². The van der Waals surface area contributed by atoms with Crippen molar-refractivity contribution < 1.29 is 14.6 Å². The van der Waals surface area contributed by atoms with E-state index in [1.807, 2.05) is 18.2 Å². The van der Waals surface area contributed by atoms with E-state index in [1.165, 1.54) is 0 Å².